The second kappa shape index (κ2) is 8.19. The van der Waals surface area contributed by atoms with Crippen LogP contribution in [-0.4, -0.2) is 0 Å². The monoisotopic (exact) mass is 211 g/mol. The van der Waals surface area contributed by atoms with Crippen molar-refractivity contribution < 1.29 is 0 Å². The maximum absolute atomic E-state index is 2.37. The maximum atomic E-state index is 2.37. The lowest BCUT2D eigenvalue weighted by atomic mass is 9.77. The van der Waals surface area contributed by atoms with Gasteiger partial charge >= 0.3 is 0 Å². The van der Waals surface area contributed by atoms with Gasteiger partial charge in [0, 0.05) is 0 Å². The maximum Gasteiger partial charge on any atom is -0.0247 e. The lowest BCUT2D eigenvalue weighted by molar-refractivity contribution is 0.339. The molecule has 0 nitrogen and oxygen atoms in total. The van der Waals surface area contributed by atoms with Gasteiger partial charge < -0.3 is 0 Å². The molecule has 0 aliphatic rings. The predicted molar refractivity (Wildman–Crippen MR) is 71.0 cm³/mol. The zero-order valence-electron chi connectivity index (χ0n) is 11.7. The summed E-state index contributed by atoms with van der Waals surface area (Å²) >= 11 is 0. The Morgan fingerprint density at radius 2 is 1.27 bits per heavy atom. The normalized spacial score (nSPS) is 12.4. The van der Waals surface area contributed by atoms with Crippen molar-refractivity contribution in [3.63, 3.8) is 0 Å². The number of unbranched alkanes of at least 4 members (excludes halogenated alkanes) is 6. The van der Waals surface area contributed by atoms with Crippen LogP contribution in [0.3, 0.4) is 0 Å². The first-order valence-electron chi connectivity index (χ1n) is 6.81. The molecule has 0 rings (SSSR count). The Morgan fingerprint density at radius 1 is 0.800 bits per heavy atom. The SMILES string of the molecule is CCCCCCCCCC(C)(C)[C](C)C. The van der Waals surface area contributed by atoms with Gasteiger partial charge in [-0.15, -0.1) is 0 Å². The van der Waals surface area contributed by atoms with Crippen LogP contribution in [0.25, 0.3) is 0 Å². The van der Waals surface area contributed by atoms with Crippen LogP contribution in [0.15, 0.2) is 0 Å². The van der Waals surface area contributed by atoms with Crippen LogP contribution in [0.1, 0.15) is 86.0 Å². The molecule has 0 spiro atoms. The quantitative estimate of drug-likeness (QED) is 0.425. The summed E-state index contributed by atoms with van der Waals surface area (Å²) in [7, 11) is 0. The summed E-state index contributed by atoms with van der Waals surface area (Å²) < 4.78 is 0. The minimum absolute atomic E-state index is 0.462. The summed E-state index contributed by atoms with van der Waals surface area (Å²) in [5.74, 6) is 1.58. The summed E-state index contributed by atoms with van der Waals surface area (Å²) in [6, 6.07) is 0. The molecular weight excluding hydrogens is 180 g/mol. The van der Waals surface area contributed by atoms with Crippen molar-refractivity contribution in [2.45, 2.75) is 86.0 Å². The van der Waals surface area contributed by atoms with E-state index in [9.17, 15) is 0 Å². The second-order valence-corrected chi connectivity index (χ2v) is 5.76. The standard InChI is InChI=1S/C15H31/c1-6-7-8-9-10-11-12-13-15(4,5)14(2)3/h6-13H2,1-5H3. The third-order valence-electron chi connectivity index (χ3n) is 3.76. The van der Waals surface area contributed by atoms with Crippen LogP contribution in [0, 0.1) is 11.3 Å². The van der Waals surface area contributed by atoms with Crippen LogP contribution < -0.4 is 0 Å². The zero-order chi connectivity index (χ0) is 11.7. The molecule has 0 amide bonds. The molecule has 0 aromatic heterocycles. The molecule has 0 bridgehead atoms. The van der Waals surface area contributed by atoms with Gasteiger partial charge in [0.05, 0.1) is 0 Å². The Balaban J connectivity index is 3.31. The van der Waals surface area contributed by atoms with Crippen molar-refractivity contribution >= 4 is 0 Å². The van der Waals surface area contributed by atoms with E-state index in [1.165, 1.54) is 51.4 Å². The van der Waals surface area contributed by atoms with Crippen LogP contribution >= 0.6 is 0 Å². The Kier molecular flexibility index (Phi) is 8.19. The minimum atomic E-state index is 0.462. The molecule has 0 aromatic rings. The Hall–Kier alpha value is 0. The van der Waals surface area contributed by atoms with E-state index in [-0.39, 0.29) is 0 Å². The molecule has 0 heteroatoms. The van der Waals surface area contributed by atoms with E-state index in [1.54, 1.807) is 5.92 Å². The zero-order valence-corrected chi connectivity index (χ0v) is 11.7. The van der Waals surface area contributed by atoms with Gasteiger partial charge in [0.25, 0.3) is 0 Å². The molecule has 0 aromatic carbocycles. The van der Waals surface area contributed by atoms with Gasteiger partial charge in [0.15, 0.2) is 0 Å². The molecule has 0 heterocycles. The van der Waals surface area contributed by atoms with Crippen molar-refractivity contribution in [2.24, 2.45) is 5.41 Å². The number of rotatable bonds is 9. The van der Waals surface area contributed by atoms with Crippen LogP contribution in [-0.2, 0) is 0 Å². The molecule has 0 saturated carbocycles. The van der Waals surface area contributed by atoms with Gasteiger partial charge in [0.2, 0.25) is 0 Å². The van der Waals surface area contributed by atoms with E-state index in [4.69, 9.17) is 0 Å². The molecule has 15 heavy (non-hydrogen) atoms. The average molecular weight is 211 g/mol. The van der Waals surface area contributed by atoms with Gasteiger partial charge in [0.1, 0.15) is 0 Å². The van der Waals surface area contributed by atoms with Crippen molar-refractivity contribution in [2.75, 3.05) is 0 Å². The molecule has 0 aliphatic heterocycles. The van der Waals surface area contributed by atoms with E-state index in [2.05, 4.69) is 34.6 Å². The molecule has 0 saturated heterocycles. The third-order valence-corrected chi connectivity index (χ3v) is 3.76. The Morgan fingerprint density at radius 3 is 1.73 bits per heavy atom. The lowest BCUT2D eigenvalue weighted by Crippen LogP contribution is -2.16. The highest BCUT2D eigenvalue weighted by molar-refractivity contribution is 4.94. The summed E-state index contributed by atoms with van der Waals surface area (Å²) in [6.07, 6.45) is 11.3. The summed E-state index contributed by atoms with van der Waals surface area (Å²) in [5.41, 5.74) is 0.462. The molecule has 91 valence electrons. The number of hydrogen-bond donors (Lipinski definition) is 0. The molecule has 0 N–H and O–H groups in total. The molecular formula is C15H31. The molecule has 0 unspecified atom stereocenters. The molecule has 0 atom stereocenters. The predicted octanol–water partition coefficient (Wildman–Crippen LogP) is 5.77. The molecule has 1 radical (unpaired) electrons. The highest BCUT2D eigenvalue weighted by Gasteiger charge is 2.21. The smallest absolute Gasteiger partial charge is 0.0247 e. The third kappa shape index (κ3) is 7.88. The average Bonchev–Trinajstić information content (AvgIpc) is 2.16. The fourth-order valence-electron chi connectivity index (χ4n) is 1.77. The first-order chi connectivity index (χ1) is 7.00. The van der Waals surface area contributed by atoms with Gasteiger partial charge in [-0.1, -0.05) is 79.6 Å². The molecule has 0 fully saturated rings. The molecule has 0 aliphatic carbocycles. The van der Waals surface area contributed by atoms with Crippen molar-refractivity contribution in [3.05, 3.63) is 5.92 Å². The van der Waals surface area contributed by atoms with Crippen LogP contribution in [0.2, 0.25) is 0 Å². The largest absolute Gasteiger partial charge is 0.0654 e. The van der Waals surface area contributed by atoms with Crippen molar-refractivity contribution in [1.82, 2.24) is 0 Å². The first-order valence-corrected chi connectivity index (χ1v) is 6.81. The van der Waals surface area contributed by atoms with Gasteiger partial charge in [-0.05, 0) is 17.8 Å². The van der Waals surface area contributed by atoms with E-state index < -0.39 is 0 Å². The van der Waals surface area contributed by atoms with Crippen LogP contribution in [0.5, 0.6) is 0 Å². The fourth-order valence-corrected chi connectivity index (χ4v) is 1.77. The highest BCUT2D eigenvalue weighted by Crippen LogP contribution is 2.33. The van der Waals surface area contributed by atoms with E-state index >= 15 is 0 Å². The number of hydrogen-bond acceptors (Lipinski definition) is 0. The van der Waals surface area contributed by atoms with E-state index in [0.717, 1.165) is 0 Å². The Bertz CT molecular complexity index is 133. The topological polar surface area (TPSA) is 0 Å². The van der Waals surface area contributed by atoms with Gasteiger partial charge in [-0.25, -0.2) is 0 Å². The second-order valence-electron chi connectivity index (χ2n) is 5.76. The first kappa shape index (κ1) is 15.0. The minimum Gasteiger partial charge on any atom is -0.0654 e. The van der Waals surface area contributed by atoms with Gasteiger partial charge in [-0.3, -0.25) is 0 Å². The summed E-state index contributed by atoms with van der Waals surface area (Å²) in [4.78, 5) is 0. The van der Waals surface area contributed by atoms with Crippen LogP contribution in [0.4, 0.5) is 0 Å². The Labute approximate surface area is 97.8 Å². The van der Waals surface area contributed by atoms with Crippen molar-refractivity contribution in [1.29, 1.82) is 0 Å². The summed E-state index contributed by atoms with van der Waals surface area (Å²) in [5, 5.41) is 0. The lowest BCUT2D eigenvalue weighted by Gasteiger charge is -2.28. The fraction of sp³-hybridized carbons (Fsp3) is 0.933. The van der Waals surface area contributed by atoms with E-state index in [0.29, 0.717) is 5.41 Å². The van der Waals surface area contributed by atoms with Crippen molar-refractivity contribution in [3.8, 4) is 0 Å². The van der Waals surface area contributed by atoms with E-state index in [1.807, 2.05) is 0 Å². The highest BCUT2D eigenvalue weighted by atomic mass is 14.3. The summed E-state index contributed by atoms with van der Waals surface area (Å²) in [6.45, 7) is 11.6. The van der Waals surface area contributed by atoms with Gasteiger partial charge in [-0.2, -0.15) is 0 Å².